The average molecular weight is 360 g/mol. The van der Waals surface area contributed by atoms with Crippen LogP contribution >= 0.6 is 0 Å². The van der Waals surface area contributed by atoms with Crippen LogP contribution in [0.1, 0.15) is 11.1 Å². The fraction of sp³-hybridized carbons (Fsp3) is 0.133. The molecular weight excluding hydrogens is 345 g/mol. The number of primary amides is 1. The van der Waals surface area contributed by atoms with Crippen LogP contribution in [-0.2, 0) is 6.54 Å². The number of hydrogen-bond donors (Lipinski definition) is 2. The van der Waals surface area contributed by atoms with Gasteiger partial charge in [-0.25, -0.2) is 0 Å². The van der Waals surface area contributed by atoms with Crippen LogP contribution in [0.2, 0.25) is 0 Å². The quantitative estimate of drug-likeness (QED) is 0.672. The summed E-state index contributed by atoms with van der Waals surface area (Å²) in [5.74, 6) is 0.381. The summed E-state index contributed by atoms with van der Waals surface area (Å²) in [6.07, 6.45) is 3.35. The summed E-state index contributed by atoms with van der Waals surface area (Å²) >= 11 is -0.492. The first kappa shape index (κ1) is 14.6. The maximum absolute atomic E-state index is 11.3. The molecule has 0 aliphatic rings. The summed E-state index contributed by atoms with van der Waals surface area (Å²) in [4.78, 5) is 19.3. The number of anilines is 1. The molecule has 0 spiro atoms. The Morgan fingerprint density at radius 3 is 2.82 bits per heavy atom. The van der Waals surface area contributed by atoms with Crippen LogP contribution in [0.3, 0.4) is 0 Å². The second-order valence-corrected chi connectivity index (χ2v) is 7.12. The van der Waals surface area contributed by atoms with E-state index in [1.165, 1.54) is 17.5 Å². The van der Waals surface area contributed by atoms with E-state index in [0.717, 1.165) is 15.5 Å². The van der Waals surface area contributed by atoms with Crippen LogP contribution in [0.15, 0.2) is 36.8 Å². The Morgan fingerprint density at radius 2 is 2.09 bits per heavy atom. The van der Waals surface area contributed by atoms with E-state index in [1.54, 1.807) is 0 Å². The molecule has 2 aromatic heterocycles. The summed E-state index contributed by atoms with van der Waals surface area (Å²) in [6.45, 7) is 2.73. The molecule has 3 aromatic rings. The molecule has 0 aliphatic carbocycles. The molecule has 0 saturated carbocycles. The van der Waals surface area contributed by atoms with Gasteiger partial charge in [-0.2, -0.15) is 0 Å². The Morgan fingerprint density at radius 1 is 1.32 bits per heavy atom. The van der Waals surface area contributed by atoms with Crippen molar-refractivity contribution in [1.29, 1.82) is 0 Å². The van der Waals surface area contributed by atoms with E-state index in [4.69, 9.17) is 11.5 Å². The Kier molecular flexibility index (Phi) is 3.83. The molecule has 0 unspecified atom stereocenters. The molecule has 22 heavy (non-hydrogen) atoms. The Hall–Kier alpha value is -2.37. The van der Waals surface area contributed by atoms with Gasteiger partial charge in [0.1, 0.15) is 0 Å². The number of aromatic nitrogens is 3. The van der Waals surface area contributed by atoms with Gasteiger partial charge in [0.25, 0.3) is 0 Å². The van der Waals surface area contributed by atoms with E-state index in [0.29, 0.717) is 12.4 Å². The van der Waals surface area contributed by atoms with Gasteiger partial charge in [-0.05, 0) is 0 Å². The van der Waals surface area contributed by atoms with E-state index in [9.17, 15) is 4.79 Å². The second-order valence-electron chi connectivity index (χ2n) is 4.93. The zero-order chi connectivity index (χ0) is 15.7. The maximum atomic E-state index is 11.3. The molecule has 0 bridgehead atoms. The summed E-state index contributed by atoms with van der Waals surface area (Å²) in [7, 11) is 0. The van der Waals surface area contributed by atoms with Gasteiger partial charge in [0.15, 0.2) is 0 Å². The van der Waals surface area contributed by atoms with Gasteiger partial charge in [-0.3, -0.25) is 0 Å². The van der Waals surface area contributed by atoms with E-state index >= 15 is 0 Å². The zero-order valence-corrected chi connectivity index (χ0v) is 13.7. The van der Waals surface area contributed by atoms with Crippen molar-refractivity contribution in [2.24, 2.45) is 5.73 Å². The summed E-state index contributed by atoms with van der Waals surface area (Å²) in [5.41, 5.74) is 14.4. The fourth-order valence-corrected chi connectivity index (χ4v) is 3.85. The van der Waals surface area contributed by atoms with Crippen molar-refractivity contribution < 1.29 is 4.79 Å². The van der Waals surface area contributed by atoms with Gasteiger partial charge in [-0.1, -0.05) is 0 Å². The van der Waals surface area contributed by atoms with Gasteiger partial charge in [0, 0.05) is 0 Å². The van der Waals surface area contributed by atoms with Gasteiger partial charge in [0.05, 0.1) is 0 Å². The Bertz CT molecular complexity index is 858. The number of nitrogens with two attached hydrogens (primary N) is 2. The van der Waals surface area contributed by atoms with Gasteiger partial charge >= 0.3 is 133 Å². The Labute approximate surface area is 133 Å². The molecular formula is C15H15N5OSe. The monoisotopic (exact) mass is 361 g/mol. The number of aryl methyl sites for hydroxylation is 1. The number of benzene rings is 1. The van der Waals surface area contributed by atoms with E-state index in [1.807, 2.05) is 22.9 Å². The first-order chi connectivity index (χ1) is 10.6. The van der Waals surface area contributed by atoms with Crippen LogP contribution in [0.25, 0.3) is 11.0 Å². The second kappa shape index (κ2) is 5.79. The third-order valence-corrected chi connectivity index (χ3v) is 4.99. The molecule has 7 heteroatoms. The number of hydrogen-bond acceptors (Lipinski definition) is 4. The van der Waals surface area contributed by atoms with Crippen LogP contribution in [0.5, 0.6) is 0 Å². The van der Waals surface area contributed by atoms with Crippen molar-refractivity contribution >= 4 is 41.1 Å². The number of carbonyl (C=O) groups is 1. The van der Waals surface area contributed by atoms with Crippen molar-refractivity contribution in [2.45, 2.75) is 13.5 Å². The molecule has 0 aliphatic heterocycles. The molecule has 6 nitrogen and oxygen atoms in total. The molecule has 0 radical (unpaired) electrons. The minimum atomic E-state index is -0.492. The predicted octanol–water partition coefficient (Wildman–Crippen LogP) is 0.778. The van der Waals surface area contributed by atoms with Gasteiger partial charge in [-0.15, -0.1) is 0 Å². The number of nitrogen functional groups attached to an aromatic ring is 1. The number of carbonyl (C=O) groups excluding carboxylic acids is 1. The summed E-state index contributed by atoms with van der Waals surface area (Å²) in [6, 6.07) is 8.16. The molecule has 4 N–H and O–H groups in total. The molecule has 1 aromatic carbocycles. The number of amides is 1. The minimum absolute atomic E-state index is 0.342. The first-order valence-corrected chi connectivity index (χ1v) is 8.38. The molecule has 2 heterocycles. The van der Waals surface area contributed by atoms with E-state index in [2.05, 4.69) is 29.0 Å². The zero-order valence-electron chi connectivity index (χ0n) is 12.0. The van der Waals surface area contributed by atoms with E-state index < -0.39 is 15.0 Å². The normalized spacial score (nSPS) is 11.0. The van der Waals surface area contributed by atoms with Gasteiger partial charge < -0.3 is 0 Å². The number of nitrogens with zero attached hydrogens (tertiary/aromatic N) is 3. The molecule has 0 saturated heterocycles. The third-order valence-electron chi connectivity index (χ3n) is 3.46. The van der Waals surface area contributed by atoms with Crippen LogP contribution in [-0.4, -0.2) is 34.3 Å². The van der Waals surface area contributed by atoms with Crippen molar-refractivity contribution in [1.82, 2.24) is 14.5 Å². The Balaban J connectivity index is 2.12. The molecule has 1 amide bonds. The van der Waals surface area contributed by atoms with Crippen LogP contribution in [0.4, 0.5) is 10.6 Å². The van der Waals surface area contributed by atoms with Crippen molar-refractivity contribution in [3.8, 4) is 0 Å². The molecule has 0 fully saturated rings. The molecule has 0 atom stereocenters. The van der Waals surface area contributed by atoms with E-state index in [-0.39, 0.29) is 4.81 Å². The number of fused-ring (bicyclic) bond motifs is 1. The van der Waals surface area contributed by atoms with Crippen molar-refractivity contribution in [3.63, 3.8) is 0 Å². The topological polar surface area (TPSA) is 99.8 Å². The fourth-order valence-electron chi connectivity index (χ4n) is 2.39. The van der Waals surface area contributed by atoms with Crippen LogP contribution < -0.4 is 15.9 Å². The molecule has 3 rings (SSSR count). The predicted molar refractivity (Wildman–Crippen MR) is 87.2 cm³/mol. The third kappa shape index (κ3) is 2.68. The standard InChI is InChI=1S/C15H15N5OSe/c1-9-4-2-3-5-10(9)6-20-7-11(22-15(17)21)12-13(16)18-8-19-14(12)20/h2-5,7-8H,6H2,1H3,(H2,17,21)(H2,16,18,19). The van der Waals surface area contributed by atoms with Crippen molar-refractivity contribution in [3.05, 3.63) is 47.9 Å². The summed E-state index contributed by atoms with van der Waals surface area (Å²) < 4.78 is 2.82. The average Bonchev–Trinajstić information content (AvgIpc) is 2.80. The number of rotatable bonds is 4. The molecule has 112 valence electrons. The SMILES string of the molecule is Cc1ccccc1Cn1cc([Se]C(N)=O)c2c(N)ncnc21. The van der Waals surface area contributed by atoms with Crippen molar-refractivity contribution in [2.75, 3.05) is 5.73 Å². The van der Waals surface area contributed by atoms with Gasteiger partial charge in [0.2, 0.25) is 0 Å². The first-order valence-electron chi connectivity index (χ1n) is 6.67. The summed E-state index contributed by atoms with van der Waals surface area (Å²) in [5, 5.41) is 0.731. The van der Waals surface area contributed by atoms with Crippen LogP contribution in [0, 0.1) is 6.92 Å².